The van der Waals surface area contributed by atoms with Gasteiger partial charge in [-0.1, -0.05) is 11.6 Å². The Balaban J connectivity index is 2.14. The van der Waals surface area contributed by atoms with E-state index < -0.39 is 17.5 Å². The largest absolute Gasteiger partial charge is 0.486 e. The van der Waals surface area contributed by atoms with Crippen LogP contribution in [-0.2, 0) is 4.74 Å². The van der Waals surface area contributed by atoms with E-state index in [-0.39, 0.29) is 35.9 Å². The summed E-state index contributed by atoms with van der Waals surface area (Å²) in [4.78, 5) is 18.1. The van der Waals surface area contributed by atoms with Crippen LogP contribution in [-0.4, -0.2) is 29.8 Å². The van der Waals surface area contributed by atoms with E-state index in [4.69, 9.17) is 21.1 Å². The number of carbonyl (C=O) groups is 1. The van der Waals surface area contributed by atoms with Gasteiger partial charge in [-0.15, -0.1) is 0 Å². The van der Waals surface area contributed by atoms with E-state index in [0.29, 0.717) is 10.7 Å². The lowest BCUT2D eigenvalue weighted by Gasteiger charge is -2.32. The van der Waals surface area contributed by atoms with Crippen LogP contribution in [0.1, 0.15) is 26.5 Å². The number of rotatable bonds is 1. The third kappa shape index (κ3) is 3.96. The number of ether oxygens (including phenoxy) is 2. The number of aromatic nitrogens is 1. The lowest BCUT2D eigenvalue weighted by Crippen LogP contribution is -2.41. The van der Waals surface area contributed by atoms with Gasteiger partial charge in [0.15, 0.2) is 11.4 Å². The van der Waals surface area contributed by atoms with Crippen molar-refractivity contribution in [3.63, 3.8) is 0 Å². The first-order chi connectivity index (χ1) is 12.7. The molecule has 0 N–H and O–H groups in total. The van der Waals surface area contributed by atoms with Gasteiger partial charge in [0.2, 0.25) is 0 Å². The number of nitrogens with zero attached hydrogens (tertiary/aromatic N) is 3. The second-order valence-electron chi connectivity index (χ2n) is 6.92. The second kappa shape index (κ2) is 7.05. The number of carbonyl (C=O) groups excluding carboxylic acids is 1. The van der Waals surface area contributed by atoms with Crippen LogP contribution in [0.15, 0.2) is 24.3 Å². The predicted octanol–water partition coefficient (Wildman–Crippen LogP) is 4.55. The molecule has 6 nitrogen and oxygen atoms in total. The monoisotopic (exact) mass is 389 g/mol. The number of nitriles is 1. The van der Waals surface area contributed by atoms with Crippen molar-refractivity contribution < 1.29 is 18.7 Å². The second-order valence-corrected chi connectivity index (χ2v) is 7.36. The highest BCUT2D eigenvalue weighted by Crippen LogP contribution is 2.38. The fourth-order valence-electron chi connectivity index (χ4n) is 2.64. The Morgan fingerprint density at radius 3 is 2.81 bits per heavy atom. The van der Waals surface area contributed by atoms with Crippen molar-refractivity contribution in [2.45, 2.75) is 26.4 Å². The number of hydrogen-bond acceptors (Lipinski definition) is 5. The van der Waals surface area contributed by atoms with Gasteiger partial charge in [-0.3, -0.25) is 4.90 Å². The third-order valence-corrected chi connectivity index (χ3v) is 3.96. The van der Waals surface area contributed by atoms with Gasteiger partial charge < -0.3 is 9.47 Å². The molecule has 8 heteroatoms. The normalized spacial score (nSPS) is 13.4. The molecule has 2 heterocycles. The molecule has 1 aliphatic heterocycles. The van der Waals surface area contributed by atoms with Crippen LogP contribution < -0.4 is 9.64 Å². The Morgan fingerprint density at radius 2 is 2.15 bits per heavy atom. The Labute approximate surface area is 161 Å². The fraction of sp³-hybridized carbons (Fsp3) is 0.316. The van der Waals surface area contributed by atoms with Gasteiger partial charge >= 0.3 is 6.09 Å². The van der Waals surface area contributed by atoms with Gasteiger partial charge in [-0.05, 0) is 45.0 Å². The van der Waals surface area contributed by atoms with Crippen molar-refractivity contribution in [3.05, 3.63) is 40.8 Å². The summed E-state index contributed by atoms with van der Waals surface area (Å²) in [5.41, 5.74) is -0.143. The lowest BCUT2D eigenvalue weighted by molar-refractivity contribution is 0.0567. The summed E-state index contributed by atoms with van der Waals surface area (Å²) in [6.45, 7) is 5.69. The SMILES string of the molecule is CC(C)(C)OC(=O)N1CCOc2c1cc(-c1cc(Cl)ccc1F)nc2C#N. The van der Waals surface area contributed by atoms with Crippen LogP contribution in [0.4, 0.5) is 14.9 Å². The van der Waals surface area contributed by atoms with Gasteiger partial charge in [0.25, 0.3) is 0 Å². The van der Waals surface area contributed by atoms with Crippen molar-refractivity contribution in [2.75, 3.05) is 18.1 Å². The standard InChI is InChI=1S/C19H17ClFN3O3/c1-19(2,3)27-18(25)24-6-7-26-17-15(10-22)23-14(9-16(17)24)12-8-11(20)4-5-13(12)21/h4-5,8-9H,6-7H2,1-3H3. The van der Waals surface area contributed by atoms with Crippen LogP contribution >= 0.6 is 11.6 Å². The molecule has 0 saturated heterocycles. The summed E-state index contributed by atoms with van der Waals surface area (Å²) in [6, 6.07) is 7.47. The molecule has 0 radical (unpaired) electrons. The average molecular weight is 390 g/mol. The smallest absolute Gasteiger partial charge is 0.415 e. The minimum atomic E-state index is -0.692. The minimum absolute atomic E-state index is 0.0462. The molecule has 1 amide bonds. The first-order valence-electron chi connectivity index (χ1n) is 8.23. The lowest BCUT2D eigenvalue weighted by atomic mass is 10.1. The molecule has 1 aliphatic rings. The highest BCUT2D eigenvalue weighted by Gasteiger charge is 2.31. The van der Waals surface area contributed by atoms with E-state index >= 15 is 0 Å². The molecule has 140 valence electrons. The van der Waals surface area contributed by atoms with Gasteiger partial charge in [0, 0.05) is 10.6 Å². The molecule has 0 spiro atoms. The number of benzene rings is 1. The van der Waals surface area contributed by atoms with E-state index in [1.54, 1.807) is 20.8 Å². The molecule has 0 aliphatic carbocycles. The first kappa shape index (κ1) is 18.9. The van der Waals surface area contributed by atoms with Gasteiger partial charge in [0.05, 0.1) is 17.9 Å². The highest BCUT2D eigenvalue weighted by molar-refractivity contribution is 6.30. The first-order valence-corrected chi connectivity index (χ1v) is 8.61. The zero-order valence-electron chi connectivity index (χ0n) is 15.0. The summed E-state index contributed by atoms with van der Waals surface area (Å²) >= 11 is 5.97. The van der Waals surface area contributed by atoms with Crippen LogP contribution in [0, 0.1) is 17.1 Å². The van der Waals surface area contributed by atoms with Crippen LogP contribution in [0.3, 0.4) is 0 Å². The van der Waals surface area contributed by atoms with E-state index in [0.717, 1.165) is 0 Å². The van der Waals surface area contributed by atoms with Crippen LogP contribution in [0.2, 0.25) is 5.02 Å². The maximum Gasteiger partial charge on any atom is 0.415 e. The van der Waals surface area contributed by atoms with E-state index in [1.807, 2.05) is 6.07 Å². The summed E-state index contributed by atoms with van der Waals surface area (Å²) in [5.74, 6) is -0.378. The number of pyridine rings is 1. The van der Waals surface area contributed by atoms with Gasteiger partial charge in [-0.25, -0.2) is 14.2 Å². The minimum Gasteiger partial charge on any atom is -0.486 e. The maximum absolute atomic E-state index is 14.3. The Hall–Kier alpha value is -2.85. The predicted molar refractivity (Wildman–Crippen MR) is 98.4 cm³/mol. The molecule has 0 unspecified atom stereocenters. The number of hydrogen-bond donors (Lipinski definition) is 0. The van der Waals surface area contributed by atoms with E-state index in [1.165, 1.54) is 29.2 Å². The van der Waals surface area contributed by atoms with Crippen LogP contribution in [0.25, 0.3) is 11.3 Å². The molecule has 2 aromatic rings. The number of amides is 1. The van der Waals surface area contributed by atoms with Crippen molar-refractivity contribution in [2.24, 2.45) is 0 Å². The average Bonchev–Trinajstić information content (AvgIpc) is 2.60. The molecule has 3 rings (SSSR count). The van der Waals surface area contributed by atoms with Gasteiger partial charge in [-0.2, -0.15) is 5.26 Å². The van der Waals surface area contributed by atoms with Crippen molar-refractivity contribution in [1.29, 1.82) is 5.26 Å². The molecule has 0 fully saturated rings. The summed E-state index contributed by atoms with van der Waals surface area (Å²) in [7, 11) is 0. The Kier molecular flexibility index (Phi) is 4.94. The molecule has 0 saturated carbocycles. The van der Waals surface area contributed by atoms with Gasteiger partial charge in [0.1, 0.15) is 24.1 Å². The quantitative estimate of drug-likeness (QED) is 0.715. The fourth-order valence-corrected chi connectivity index (χ4v) is 2.81. The Bertz CT molecular complexity index is 950. The zero-order chi connectivity index (χ0) is 19.8. The van der Waals surface area contributed by atoms with E-state index in [9.17, 15) is 14.4 Å². The van der Waals surface area contributed by atoms with Crippen molar-refractivity contribution >= 4 is 23.4 Å². The summed E-state index contributed by atoms with van der Waals surface area (Å²) < 4.78 is 25.3. The highest BCUT2D eigenvalue weighted by atomic mass is 35.5. The molecule has 1 aromatic heterocycles. The molecular weight excluding hydrogens is 373 g/mol. The zero-order valence-corrected chi connectivity index (χ0v) is 15.8. The van der Waals surface area contributed by atoms with E-state index in [2.05, 4.69) is 4.98 Å². The van der Waals surface area contributed by atoms with Crippen molar-refractivity contribution in [3.8, 4) is 23.1 Å². The summed E-state index contributed by atoms with van der Waals surface area (Å²) in [6.07, 6.45) is -0.584. The maximum atomic E-state index is 14.3. The Morgan fingerprint density at radius 1 is 1.41 bits per heavy atom. The molecule has 0 bridgehead atoms. The van der Waals surface area contributed by atoms with Crippen molar-refractivity contribution in [1.82, 2.24) is 4.98 Å². The van der Waals surface area contributed by atoms with Crippen LogP contribution in [0.5, 0.6) is 5.75 Å². The third-order valence-electron chi connectivity index (χ3n) is 3.73. The molecular formula is C19H17ClFN3O3. The molecule has 0 atom stereocenters. The topological polar surface area (TPSA) is 75.4 Å². The molecule has 1 aromatic carbocycles. The number of anilines is 1. The molecule has 27 heavy (non-hydrogen) atoms. The number of halogens is 2. The number of fused-ring (bicyclic) bond motifs is 1. The summed E-state index contributed by atoms with van der Waals surface area (Å²) in [5, 5.41) is 9.78.